The second-order valence-electron chi connectivity index (χ2n) is 8.59. The molecule has 2 aromatic carbocycles. The summed E-state index contributed by atoms with van der Waals surface area (Å²) in [5.74, 6) is 0.427. The zero-order valence-corrected chi connectivity index (χ0v) is 20.8. The van der Waals surface area contributed by atoms with E-state index in [9.17, 15) is 10.1 Å². The quantitative estimate of drug-likeness (QED) is 0.449. The van der Waals surface area contributed by atoms with Crippen molar-refractivity contribution in [2.75, 3.05) is 22.6 Å². The fourth-order valence-electron chi connectivity index (χ4n) is 4.45. The average molecular weight is 511 g/mol. The number of anilines is 3. The molecule has 2 N–H and O–H groups in total. The van der Waals surface area contributed by atoms with E-state index in [2.05, 4.69) is 40.5 Å². The number of hydrogen-bond acceptors (Lipinski definition) is 7. The predicted molar refractivity (Wildman–Crippen MR) is 135 cm³/mol. The Hall–Kier alpha value is -2.83. The minimum absolute atomic E-state index is 0.259. The molecular formula is C24H20Cl2N6OS. The largest absolute Gasteiger partial charge is 0.324 e. The van der Waals surface area contributed by atoms with Crippen LogP contribution in [-0.4, -0.2) is 28.3 Å². The first kappa shape index (κ1) is 22.9. The Labute approximate surface area is 211 Å². The molecule has 1 amide bonds. The van der Waals surface area contributed by atoms with E-state index in [1.165, 1.54) is 22.9 Å². The van der Waals surface area contributed by atoms with Crippen LogP contribution in [0, 0.1) is 11.3 Å². The standard InChI is InChI=1S/C24H20Cl2N6OS/c1-24(2)19-13(6-7-29-24)8-15(9-14(19)10-27)30-23-28-11-16-21(31-23)34-12-32(22(16)33)20-17(25)4-3-5-18(20)26/h3-5,8-9,11,29H,6-7,12H2,1-2H3,(H,28,30,31). The maximum atomic E-state index is 13.1. The van der Waals surface area contributed by atoms with E-state index in [0.29, 0.717) is 43.7 Å². The summed E-state index contributed by atoms with van der Waals surface area (Å²) in [7, 11) is 0. The van der Waals surface area contributed by atoms with Gasteiger partial charge in [0.2, 0.25) is 5.95 Å². The van der Waals surface area contributed by atoms with Gasteiger partial charge in [-0.25, -0.2) is 9.97 Å². The molecule has 0 saturated carbocycles. The zero-order valence-electron chi connectivity index (χ0n) is 18.4. The van der Waals surface area contributed by atoms with Crippen LogP contribution in [0.15, 0.2) is 41.6 Å². The highest BCUT2D eigenvalue weighted by Gasteiger charge is 2.32. The van der Waals surface area contributed by atoms with Crippen molar-refractivity contribution in [2.24, 2.45) is 0 Å². The number of nitrogens with one attached hydrogen (secondary N) is 2. The number of amides is 1. The third-order valence-electron chi connectivity index (χ3n) is 5.95. The van der Waals surface area contributed by atoms with E-state index < -0.39 is 0 Å². The summed E-state index contributed by atoms with van der Waals surface area (Å²) < 4.78 is 0. The van der Waals surface area contributed by atoms with Crippen LogP contribution in [0.5, 0.6) is 0 Å². The molecule has 1 aromatic heterocycles. The lowest BCUT2D eigenvalue weighted by atomic mass is 9.82. The molecule has 3 heterocycles. The van der Waals surface area contributed by atoms with Crippen molar-refractivity contribution >= 4 is 58.2 Å². The number of carbonyl (C=O) groups is 1. The molecule has 0 unspecified atom stereocenters. The van der Waals surface area contributed by atoms with Crippen LogP contribution in [-0.2, 0) is 12.0 Å². The Kier molecular flexibility index (Phi) is 5.90. The molecule has 34 heavy (non-hydrogen) atoms. The summed E-state index contributed by atoms with van der Waals surface area (Å²) >= 11 is 14.0. The second kappa shape index (κ2) is 8.75. The molecule has 0 atom stereocenters. The Morgan fingerprint density at radius 1 is 1.26 bits per heavy atom. The highest BCUT2D eigenvalue weighted by molar-refractivity contribution is 7.99. The summed E-state index contributed by atoms with van der Waals surface area (Å²) in [5.41, 5.74) is 4.10. The van der Waals surface area contributed by atoms with Gasteiger partial charge in [-0.05, 0) is 62.2 Å². The number of nitriles is 1. The third kappa shape index (κ3) is 3.99. The number of carbonyl (C=O) groups excluding carboxylic acids is 1. The van der Waals surface area contributed by atoms with Crippen LogP contribution >= 0.6 is 35.0 Å². The van der Waals surface area contributed by atoms with E-state index in [0.717, 1.165) is 29.8 Å². The predicted octanol–water partition coefficient (Wildman–Crippen LogP) is 5.49. The molecule has 2 aliphatic heterocycles. The molecule has 172 valence electrons. The van der Waals surface area contributed by atoms with Crippen LogP contribution in [0.25, 0.3) is 0 Å². The van der Waals surface area contributed by atoms with Gasteiger partial charge >= 0.3 is 0 Å². The van der Waals surface area contributed by atoms with Crippen LogP contribution in [0.4, 0.5) is 17.3 Å². The molecule has 0 radical (unpaired) electrons. The summed E-state index contributed by atoms with van der Waals surface area (Å²) in [6.45, 7) is 5.01. The molecule has 3 aromatic rings. The summed E-state index contributed by atoms with van der Waals surface area (Å²) in [6.07, 6.45) is 2.34. The molecule has 5 rings (SSSR count). The SMILES string of the molecule is CC1(C)NCCc2cc(Nc3ncc4c(n3)SCN(c3c(Cl)cccc3Cl)C4=O)cc(C#N)c21. The maximum Gasteiger partial charge on any atom is 0.263 e. The Bertz CT molecular complexity index is 1350. The number of para-hydroxylation sites is 1. The van der Waals surface area contributed by atoms with Gasteiger partial charge in [0, 0.05) is 17.4 Å². The summed E-state index contributed by atoms with van der Waals surface area (Å²) in [5, 5.41) is 17.8. The molecule has 10 heteroatoms. The summed E-state index contributed by atoms with van der Waals surface area (Å²) in [6, 6.07) is 11.3. The zero-order chi connectivity index (χ0) is 24.0. The van der Waals surface area contributed by atoms with Gasteiger partial charge < -0.3 is 10.6 Å². The first-order chi connectivity index (χ1) is 16.3. The minimum Gasteiger partial charge on any atom is -0.324 e. The number of benzene rings is 2. The van der Waals surface area contributed by atoms with Gasteiger partial charge in [0.1, 0.15) is 5.03 Å². The van der Waals surface area contributed by atoms with Crippen molar-refractivity contribution < 1.29 is 4.79 Å². The molecule has 0 spiro atoms. The topological polar surface area (TPSA) is 93.9 Å². The van der Waals surface area contributed by atoms with E-state index in [-0.39, 0.29) is 11.4 Å². The number of fused-ring (bicyclic) bond motifs is 2. The molecule has 7 nitrogen and oxygen atoms in total. The van der Waals surface area contributed by atoms with Gasteiger partial charge in [-0.3, -0.25) is 9.69 Å². The summed E-state index contributed by atoms with van der Waals surface area (Å²) in [4.78, 5) is 23.6. The monoisotopic (exact) mass is 510 g/mol. The molecule has 0 bridgehead atoms. The number of halogens is 2. The van der Waals surface area contributed by atoms with Gasteiger partial charge in [-0.15, -0.1) is 0 Å². The lowest BCUT2D eigenvalue weighted by molar-refractivity contribution is 0.0985. The van der Waals surface area contributed by atoms with Gasteiger partial charge in [0.05, 0.1) is 38.8 Å². The van der Waals surface area contributed by atoms with Gasteiger partial charge in [-0.2, -0.15) is 5.26 Å². The van der Waals surface area contributed by atoms with Crippen molar-refractivity contribution in [2.45, 2.75) is 30.8 Å². The van der Waals surface area contributed by atoms with Crippen molar-refractivity contribution in [3.8, 4) is 6.07 Å². The first-order valence-corrected chi connectivity index (χ1v) is 12.4. The maximum absolute atomic E-state index is 13.1. The average Bonchev–Trinajstić information content (AvgIpc) is 2.79. The number of rotatable bonds is 3. The number of aromatic nitrogens is 2. The lowest BCUT2D eigenvalue weighted by Gasteiger charge is -2.35. The van der Waals surface area contributed by atoms with Gasteiger partial charge in [-0.1, -0.05) is 41.0 Å². The number of hydrogen-bond donors (Lipinski definition) is 2. The smallest absolute Gasteiger partial charge is 0.263 e. The first-order valence-electron chi connectivity index (χ1n) is 10.6. The van der Waals surface area contributed by atoms with E-state index in [4.69, 9.17) is 23.2 Å². The molecule has 0 aliphatic carbocycles. The van der Waals surface area contributed by atoms with Gasteiger partial charge in [0.15, 0.2) is 0 Å². The lowest BCUT2D eigenvalue weighted by Crippen LogP contribution is -2.43. The third-order valence-corrected chi connectivity index (χ3v) is 7.53. The van der Waals surface area contributed by atoms with Crippen LogP contribution in [0.1, 0.15) is 40.9 Å². The van der Waals surface area contributed by atoms with Crippen LogP contribution in [0.2, 0.25) is 10.0 Å². The molecule has 0 fully saturated rings. The molecular weight excluding hydrogens is 491 g/mol. The van der Waals surface area contributed by atoms with E-state index in [1.807, 2.05) is 12.1 Å². The van der Waals surface area contributed by atoms with Crippen LogP contribution in [0.3, 0.4) is 0 Å². The minimum atomic E-state index is -0.271. The molecule has 0 saturated heterocycles. The Balaban J connectivity index is 1.44. The highest BCUT2D eigenvalue weighted by atomic mass is 35.5. The highest BCUT2D eigenvalue weighted by Crippen LogP contribution is 2.40. The van der Waals surface area contributed by atoms with Crippen molar-refractivity contribution in [3.05, 3.63) is 68.8 Å². The molecule has 2 aliphatic rings. The number of thioether (sulfide) groups is 1. The fourth-order valence-corrected chi connectivity index (χ4v) is 6.00. The second-order valence-corrected chi connectivity index (χ2v) is 10.3. The van der Waals surface area contributed by atoms with Crippen molar-refractivity contribution in [1.82, 2.24) is 15.3 Å². The number of nitrogens with zero attached hydrogens (tertiary/aromatic N) is 4. The Morgan fingerprint density at radius 3 is 2.76 bits per heavy atom. The normalized spacial score (nSPS) is 16.4. The van der Waals surface area contributed by atoms with Gasteiger partial charge in [0.25, 0.3) is 5.91 Å². The van der Waals surface area contributed by atoms with E-state index in [1.54, 1.807) is 18.2 Å². The fraction of sp³-hybridized carbons (Fsp3) is 0.250. The van der Waals surface area contributed by atoms with E-state index >= 15 is 0 Å². The Morgan fingerprint density at radius 2 is 2.03 bits per heavy atom. The van der Waals surface area contributed by atoms with Crippen LogP contribution < -0.4 is 15.5 Å². The van der Waals surface area contributed by atoms with Crippen molar-refractivity contribution in [3.63, 3.8) is 0 Å². The van der Waals surface area contributed by atoms with Crippen molar-refractivity contribution in [1.29, 1.82) is 5.26 Å².